The molecule has 1 N–H and O–H groups in total. The maximum atomic E-state index is 9.79. The lowest BCUT2D eigenvalue weighted by atomic mass is 10.0. The molecule has 1 fully saturated rings. The van der Waals surface area contributed by atoms with Crippen LogP contribution in [0, 0.1) is 11.8 Å². The summed E-state index contributed by atoms with van der Waals surface area (Å²) in [5.74, 6) is 6.16. The molecule has 1 unspecified atom stereocenters. The van der Waals surface area contributed by atoms with E-state index in [9.17, 15) is 5.11 Å². The third-order valence-corrected chi connectivity index (χ3v) is 3.04. The fourth-order valence-corrected chi connectivity index (χ4v) is 2.10. The molecule has 2 rings (SSSR count). The van der Waals surface area contributed by atoms with E-state index in [1.807, 2.05) is 18.2 Å². The minimum Gasteiger partial charge on any atom is -0.379 e. The normalized spacial score (nSPS) is 18.5. The van der Waals surface area contributed by atoms with E-state index in [-0.39, 0.29) is 6.04 Å². The first kappa shape index (κ1) is 14.1. The smallest absolute Gasteiger partial charge is 0.120 e. The highest BCUT2D eigenvalue weighted by molar-refractivity contribution is 5.29. The van der Waals surface area contributed by atoms with Crippen LogP contribution in [-0.4, -0.2) is 41.9 Å². The molecule has 1 aliphatic heterocycles. The highest BCUT2D eigenvalue weighted by atomic mass is 16.5. The second kappa shape index (κ2) is 6.21. The molecule has 1 aliphatic rings. The highest BCUT2D eigenvalue weighted by Gasteiger charge is 2.21. The van der Waals surface area contributed by atoms with Crippen molar-refractivity contribution in [2.45, 2.75) is 25.5 Å². The largest absolute Gasteiger partial charge is 0.379 e. The van der Waals surface area contributed by atoms with Gasteiger partial charge in [0.2, 0.25) is 0 Å². The van der Waals surface area contributed by atoms with Gasteiger partial charge in [-0.3, -0.25) is 4.90 Å². The maximum Gasteiger partial charge on any atom is 0.120 e. The van der Waals surface area contributed by atoms with Crippen LogP contribution in [0.5, 0.6) is 0 Å². The van der Waals surface area contributed by atoms with Crippen LogP contribution >= 0.6 is 0 Å². The SMILES string of the molecule is CC(C)(O)C#CC(c1ccccc1)N1CCOCC1. The second-order valence-corrected chi connectivity index (χ2v) is 5.29. The number of ether oxygens (including phenoxy) is 1. The molecule has 1 aromatic carbocycles. The molecule has 1 saturated heterocycles. The topological polar surface area (TPSA) is 32.7 Å². The molecule has 1 atom stereocenters. The Kier molecular flexibility index (Phi) is 4.60. The van der Waals surface area contributed by atoms with Crippen LogP contribution in [0.4, 0.5) is 0 Å². The summed E-state index contributed by atoms with van der Waals surface area (Å²) in [6.07, 6.45) is 0. The summed E-state index contributed by atoms with van der Waals surface area (Å²) in [5, 5.41) is 9.79. The molecule has 0 aromatic heterocycles. The number of benzene rings is 1. The molecule has 3 nitrogen and oxygen atoms in total. The third kappa shape index (κ3) is 4.36. The fourth-order valence-electron chi connectivity index (χ4n) is 2.10. The molecule has 0 bridgehead atoms. The number of hydrogen-bond acceptors (Lipinski definition) is 3. The lowest BCUT2D eigenvalue weighted by molar-refractivity contribution is 0.0268. The van der Waals surface area contributed by atoms with Gasteiger partial charge in [-0.05, 0) is 19.4 Å². The average molecular weight is 259 g/mol. The van der Waals surface area contributed by atoms with Crippen LogP contribution < -0.4 is 0 Å². The molecule has 3 heteroatoms. The van der Waals surface area contributed by atoms with Crippen molar-refractivity contribution in [3.8, 4) is 11.8 Å². The van der Waals surface area contributed by atoms with Gasteiger partial charge in [-0.15, -0.1) is 0 Å². The van der Waals surface area contributed by atoms with Crippen LogP contribution in [0.3, 0.4) is 0 Å². The van der Waals surface area contributed by atoms with Crippen molar-refractivity contribution in [3.63, 3.8) is 0 Å². The summed E-state index contributed by atoms with van der Waals surface area (Å²) in [4.78, 5) is 2.30. The van der Waals surface area contributed by atoms with Crippen LogP contribution in [0.2, 0.25) is 0 Å². The Morgan fingerprint density at radius 3 is 2.42 bits per heavy atom. The Bertz CT molecular complexity index is 447. The summed E-state index contributed by atoms with van der Waals surface area (Å²) in [6, 6.07) is 10.2. The highest BCUT2D eigenvalue weighted by Crippen LogP contribution is 2.21. The van der Waals surface area contributed by atoms with E-state index in [1.54, 1.807) is 13.8 Å². The van der Waals surface area contributed by atoms with Crippen LogP contribution in [0.25, 0.3) is 0 Å². The minimum absolute atomic E-state index is 0.0246. The standard InChI is InChI=1S/C16H21NO2/c1-16(2,18)9-8-15(14-6-4-3-5-7-14)17-10-12-19-13-11-17/h3-7,15,18H,10-13H2,1-2H3. The zero-order chi connectivity index (χ0) is 13.7. The van der Waals surface area contributed by atoms with E-state index in [0.717, 1.165) is 26.3 Å². The zero-order valence-corrected chi connectivity index (χ0v) is 11.6. The van der Waals surface area contributed by atoms with E-state index in [1.165, 1.54) is 5.56 Å². The average Bonchev–Trinajstić information content (AvgIpc) is 2.40. The number of morpholine rings is 1. The van der Waals surface area contributed by atoms with Crippen molar-refractivity contribution < 1.29 is 9.84 Å². The molecule has 1 aromatic rings. The van der Waals surface area contributed by atoms with Gasteiger partial charge < -0.3 is 9.84 Å². The summed E-state index contributed by atoms with van der Waals surface area (Å²) in [6.45, 7) is 6.66. The fraction of sp³-hybridized carbons (Fsp3) is 0.500. The first-order chi connectivity index (χ1) is 9.06. The molecule has 0 saturated carbocycles. The molecular formula is C16H21NO2. The number of hydrogen-bond donors (Lipinski definition) is 1. The van der Waals surface area contributed by atoms with Crippen LogP contribution in [0.15, 0.2) is 30.3 Å². The first-order valence-electron chi connectivity index (χ1n) is 6.68. The van der Waals surface area contributed by atoms with E-state index < -0.39 is 5.60 Å². The molecule has 0 spiro atoms. The Balaban J connectivity index is 2.24. The predicted molar refractivity (Wildman–Crippen MR) is 75.6 cm³/mol. The zero-order valence-electron chi connectivity index (χ0n) is 11.6. The summed E-state index contributed by atoms with van der Waals surface area (Å²) in [5.41, 5.74) is 0.209. The quantitative estimate of drug-likeness (QED) is 0.823. The lowest BCUT2D eigenvalue weighted by Crippen LogP contribution is -2.38. The van der Waals surface area contributed by atoms with Gasteiger partial charge in [-0.1, -0.05) is 42.2 Å². The van der Waals surface area contributed by atoms with Gasteiger partial charge in [-0.25, -0.2) is 0 Å². The van der Waals surface area contributed by atoms with E-state index in [2.05, 4.69) is 28.9 Å². The second-order valence-electron chi connectivity index (χ2n) is 5.29. The number of aliphatic hydroxyl groups is 1. The van der Waals surface area contributed by atoms with Crippen molar-refractivity contribution >= 4 is 0 Å². The van der Waals surface area contributed by atoms with Gasteiger partial charge in [0.25, 0.3) is 0 Å². The van der Waals surface area contributed by atoms with Gasteiger partial charge >= 0.3 is 0 Å². The van der Waals surface area contributed by atoms with Gasteiger partial charge in [0.1, 0.15) is 5.60 Å². The lowest BCUT2D eigenvalue weighted by Gasteiger charge is -2.32. The molecule has 102 valence electrons. The number of rotatable bonds is 2. The van der Waals surface area contributed by atoms with Gasteiger partial charge in [0.15, 0.2) is 0 Å². The third-order valence-electron chi connectivity index (χ3n) is 3.04. The molecule has 19 heavy (non-hydrogen) atoms. The van der Waals surface area contributed by atoms with Crippen LogP contribution in [-0.2, 0) is 4.74 Å². The van der Waals surface area contributed by atoms with Gasteiger partial charge in [0, 0.05) is 13.1 Å². The van der Waals surface area contributed by atoms with Crippen molar-refractivity contribution in [2.75, 3.05) is 26.3 Å². The minimum atomic E-state index is -0.959. The summed E-state index contributed by atoms with van der Waals surface area (Å²) in [7, 11) is 0. The van der Waals surface area contributed by atoms with Gasteiger partial charge in [-0.2, -0.15) is 0 Å². The van der Waals surface area contributed by atoms with E-state index in [0.29, 0.717) is 0 Å². The van der Waals surface area contributed by atoms with E-state index in [4.69, 9.17) is 4.74 Å². The van der Waals surface area contributed by atoms with Gasteiger partial charge in [0.05, 0.1) is 19.3 Å². The van der Waals surface area contributed by atoms with Crippen molar-refractivity contribution in [2.24, 2.45) is 0 Å². The Morgan fingerprint density at radius 1 is 1.21 bits per heavy atom. The predicted octanol–water partition coefficient (Wildman–Crippen LogP) is 1.83. The van der Waals surface area contributed by atoms with Crippen molar-refractivity contribution in [1.82, 2.24) is 4.90 Å². The molecule has 1 heterocycles. The Labute approximate surface area is 115 Å². The maximum absolute atomic E-state index is 9.79. The Morgan fingerprint density at radius 2 is 1.84 bits per heavy atom. The first-order valence-corrected chi connectivity index (χ1v) is 6.68. The van der Waals surface area contributed by atoms with Crippen molar-refractivity contribution in [1.29, 1.82) is 0 Å². The Hall–Kier alpha value is -1.34. The molecule has 0 aliphatic carbocycles. The number of nitrogens with zero attached hydrogens (tertiary/aromatic N) is 1. The summed E-state index contributed by atoms with van der Waals surface area (Å²) < 4.78 is 5.39. The van der Waals surface area contributed by atoms with Crippen LogP contribution in [0.1, 0.15) is 25.5 Å². The van der Waals surface area contributed by atoms with E-state index >= 15 is 0 Å². The molecule has 0 radical (unpaired) electrons. The monoisotopic (exact) mass is 259 g/mol. The van der Waals surface area contributed by atoms with Crippen molar-refractivity contribution in [3.05, 3.63) is 35.9 Å². The summed E-state index contributed by atoms with van der Waals surface area (Å²) >= 11 is 0. The molecular weight excluding hydrogens is 238 g/mol. The molecule has 0 amide bonds.